The minimum atomic E-state index is -4.28. The molecule has 0 aliphatic carbocycles. The zero-order valence-corrected chi connectivity index (χ0v) is 20.1. The molecule has 1 saturated heterocycles. The second-order valence-electron chi connectivity index (χ2n) is 8.67. The number of carbonyl (C=O) groups is 1. The van der Waals surface area contributed by atoms with Crippen LogP contribution in [0.4, 0.5) is 13.2 Å². The molecule has 4 rings (SSSR count). The molecule has 7 nitrogen and oxygen atoms in total. The molecule has 2 aromatic heterocycles. The van der Waals surface area contributed by atoms with Gasteiger partial charge in [-0.3, -0.25) is 14.0 Å². The van der Waals surface area contributed by atoms with Crippen molar-refractivity contribution in [2.24, 2.45) is 0 Å². The Kier molecular flexibility index (Phi) is 7.51. The number of fused-ring (bicyclic) bond motifs is 1. The number of rotatable bonds is 7. The molecule has 0 atom stereocenters. The third-order valence-electron chi connectivity index (χ3n) is 6.26. The summed E-state index contributed by atoms with van der Waals surface area (Å²) in [6.45, 7) is 5.71. The first-order valence-electron chi connectivity index (χ1n) is 11.6. The van der Waals surface area contributed by atoms with Crippen molar-refractivity contribution >= 4 is 23.3 Å². The predicted octanol–water partition coefficient (Wildman–Crippen LogP) is 3.87. The molecule has 0 saturated carbocycles. The number of hydrogen-bond donors (Lipinski definition) is 0. The number of carbonyl (C=O) groups excluding carboxylic acids is 1. The van der Waals surface area contributed by atoms with Gasteiger partial charge in [0.05, 0.1) is 12.1 Å². The smallest absolute Gasteiger partial charge is 0.340 e. The molecular formula is C24H27ClF3N5O2. The summed E-state index contributed by atoms with van der Waals surface area (Å²) >= 11 is 5.96. The first-order valence-corrected chi connectivity index (χ1v) is 12.0. The Morgan fingerprint density at radius 3 is 2.40 bits per heavy atom. The summed E-state index contributed by atoms with van der Waals surface area (Å²) in [6.07, 6.45) is -2.49. The molecule has 0 N–H and O–H groups in total. The fourth-order valence-electron chi connectivity index (χ4n) is 4.26. The number of nitrogens with zero attached hydrogens (tertiary/aromatic N) is 5. The van der Waals surface area contributed by atoms with Gasteiger partial charge in [-0.05, 0) is 25.1 Å². The zero-order valence-electron chi connectivity index (χ0n) is 19.4. The Bertz CT molecular complexity index is 1250. The maximum absolute atomic E-state index is 13.3. The van der Waals surface area contributed by atoms with Crippen molar-refractivity contribution in [3.8, 4) is 11.3 Å². The molecule has 11 heteroatoms. The molecule has 1 amide bonds. The molecular weight excluding hydrogens is 483 g/mol. The van der Waals surface area contributed by atoms with Crippen LogP contribution in [-0.4, -0.2) is 68.6 Å². The summed E-state index contributed by atoms with van der Waals surface area (Å²) in [6, 6.07) is 6.89. The van der Waals surface area contributed by atoms with Crippen LogP contribution in [-0.2, 0) is 17.8 Å². The van der Waals surface area contributed by atoms with Crippen molar-refractivity contribution in [3.05, 3.63) is 57.6 Å². The van der Waals surface area contributed by atoms with Crippen molar-refractivity contribution < 1.29 is 18.0 Å². The molecule has 188 valence electrons. The zero-order chi connectivity index (χ0) is 25.2. The van der Waals surface area contributed by atoms with Crippen LogP contribution < -0.4 is 5.56 Å². The van der Waals surface area contributed by atoms with Crippen molar-refractivity contribution in [1.82, 2.24) is 23.8 Å². The number of benzene rings is 1. The highest BCUT2D eigenvalue weighted by Crippen LogP contribution is 2.24. The number of hydrogen-bond acceptors (Lipinski definition) is 4. The van der Waals surface area contributed by atoms with Crippen LogP contribution in [0.15, 0.2) is 41.5 Å². The van der Waals surface area contributed by atoms with Gasteiger partial charge in [-0.1, -0.05) is 30.7 Å². The molecule has 0 bridgehead atoms. The summed E-state index contributed by atoms with van der Waals surface area (Å²) in [7, 11) is 0. The average molecular weight is 510 g/mol. The lowest BCUT2D eigenvalue weighted by atomic mass is 10.2. The monoisotopic (exact) mass is 509 g/mol. The van der Waals surface area contributed by atoms with E-state index in [1.54, 1.807) is 35.4 Å². The highest BCUT2D eigenvalue weighted by molar-refractivity contribution is 6.30. The van der Waals surface area contributed by atoms with E-state index in [-0.39, 0.29) is 36.6 Å². The summed E-state index contributed by atoms with van der Waals surface area (Å²) in [5.74, 6) is 0.0620. The minimum absolute atomic E-state index is 0.0106. The Morgan fingerprint density at radius 1 is 1.09 bits per heavy atom. The van der Waals surface area contributed by atoms with Crippen molar-refractivity contribution in [2.75, 3.05) is 32.7 Å². The normalized spacial score (nSPS) is 15.2. The summed E-state index contributed by atoms with van der Waals surface area (Å²) in [5.41, 5.74) is 1.03. The third kappa shape index (κ3) is 6.05. The second-order valence-corrected chi connectivity index (χ2v) is 9.10. The van der Waals surface area contributed by atoms with Gasteiger partial charge in [0, 0.05) is 67.7 Å². The Labute approximate surface area is 205 Å². The summed E-state index contributed by atoms with van der Waals surface area (Å²) in [5, 5.41) is 0.546. The number of alkyl halides is 3. The minimum Gasteiger partial charge on any atom is -0.340 e. The molecule has 1 aliphatic rings. The van der Waals surface area contributed by atoms with Crippen molar-refractivity contribution in [1.29, 1.82) is 0 Å². The van der Waals surface area contributed by atoms with Crippen LogP contribution in [0.25, 0.3) is 17.0 Å². The van der Waals surface area contributed by atoms with E-state index in [2.05, 4.69) is 16.8 Å². The lowest BCUT2D eigenvalue weighted by Crippen LogP contribution is -2.49. The molecule has 1 aliphatic heterocycles. The fourth-order valence-corrected chi connectivity index (χ4v) is 4.39. The molecule has 0 spiro atoms. The van der Waals surface area contributed by atoms with Crippen LogP contribution in [0.3, 0.4) is 0 Å². The van der Waals surface area contributed by atoms with Gasteiger partial charge in [-0.2, -0.15) is 13.2 Å². The molecule has 1 fully saturated rings. The molecule has 35 heavy (non-hydrogen) atoms. The van der Waals surface area contributed by atoms with E-state index in [0.29, 0.717) is 29.4 Å². The molecule has 1 aromatic carbocycles. The summed E-state index contributed by atoms with van der Waals surface area (Å²) in [4.78, 5) is 34.7. The van der Waals surface area contributed by atoms with Crippen LogP contribution >= 0.6 is 11.6 Å². The van der Waals surface area contributed by atoms with Crippen LogP contribution in [0, 0.1) is 0 Å². The van der Waals surface area contributed by atoms with E-state index in [1.165, 1.54) is 15.2 Å². The first-order chi connectivity index (χ1) is 16.6. The predicted molar refractivity (Wildman–Crippen MR) is 128 cm³/mol. The number of imidazole rings is 1. The number of piperazine rings is 1. The topological polar surface area (TPSA) is 62.9 Å². The summed E-state index contributed by atoms with van der Waals surface area (Å²) < 4.78 is 41.1. The maximum Gasteiger partial charge on any atom is 0.389 e. The Hall–Kier alpha value is -2.85. The number of aryl methyl sites for hydroxylation is 1. The quantitative estimate of drug-likeness (QED) is 0.485. The van der Waals surface area contributed by atoms with E-state index < -0.39 is 18.2 Å². The van der Waals surface area contributed by atoms with Crippen molar-refractivity contribution in [2.45, 2.75) is 38.9 Å². The van der Waals surface area contributed by atoms with Gasteiger partial charge in [-0.25, -0.2) is 4.98 Å². The Morgan fingerprint density at radius 2 is 1.77 bits per heavy atom. The molecule has 0 radical (unpaired) electrons. The molecule has 3 heterocycles. The molecule has 3 aromatic rings. The van der Waals surface area contributed by atoms with Crippen LogP contribution in [0.2, 0.25) is 5.02 Å². The van der Waals surface area contributed by atoms with Gasteiger partial charge in [0.2, 0.25) is 11.7 Å². The first kappa shape index (κ1) is 25.2. The molecule has 0 unspecified atom stereocenters. The van der Waals surface area contributed by atoms with Crippen LogP contribution in [0.5, 0.6) is 0 Å². The SMILES string of the molecule is CCN1CCN(C(=O)Cc2cn(CCCC(F)(F)F)c3nc(-c4ccc(Cl)cc4)cn3c2=O)CC1. The lowest BCUT2D eigenvalue weighted by Gasteiger charge is -2.34. The standard InChI is InChI=1S/C24H27ClF3N5O2/c1-2-30-10-12-31(13-11-30)21(34)14-18-15-32(9-3-8-24(26,27)28)23-29-20(16-33(23)22(18)35)17-4-6-19(25)7-5-17/h4-7,15-16H,2-3,8-14H2,1H3. The van der Waals surface area contributed by atoms with E-state index >= 15 is 0 Å². The average Bonchev–Trinajstić information content (AvgIpc) is 3.27. The van der Waals surface area contributed by atoms with Crippen molar-refractivity contribution in [3.63, 3.8) is 0 Å². The van der Waals surface area contributed by atoms with Crippen LogP contribution in [0.1, 0.15) is 25.3 Å². The van der Waals surface area contributed by atoms with E-state index in [1.807, 2.05) is 0 Å². The van der Waals surface area contributed by atoms with Gasteiger partial charge in [-0.15, -0.1) is 0 Å². The number of likely N-dealkylation sites (N-methyl/N-ethyl adjacent to an activating group) is 1. The second kappa shape index (κ2) is 10.4. The van der Waals surface area contributed by atoms with E-state index in [4.69, 9.17) is 11.6 Å². The lowest BCUT2D eigenvalue weighted by molar-refractivity contribution is -0.136. The third-order valence-corrected chi connectivity index (χ3v) is 6.51. The maximum atomic E-state index is 13.3. The number of aromatic nitrogens is 3. The number of amides is 1. The highest BCUT2D eigenvalue weighted by Gasteiger charge is 2.27. The number of halogens is 4. The largest absolute Gasteiger partial charge is 0.389 e. The highest BCUT2D eigenvalue weighted by atomic mass is 35.5. The van der Waals surface area contributed by atoms with E-state index in [9.17, 15) is 22.8 Å². The van der Waals surface area contributed by atoms with E-state index in [0.717, 1.165) is 19.6 Å². The van der Waals surface area contributed by atoms with Gasteiger partial charge < -0.3 is 14.4 Å². The van der Waals surface area contributed by atoms with Gasteiger partial charge in [0.15, 0.2) is 0 Å². The Balaban J connectivity index is 1.66. The van der Waals surface area contributed by atoms with Gasteiger partial charge >= 0.3 is 6.18 Å². The fraction of sp³-hybridized carbons (Fsp3) is 0.458. The van der Waals surface area contributed by atoms with Gasteiger partial charge in [0.1, 0.15) is 0 Å². The van der Waals surface area contributed by atoms with Gasteiger partial charge in [0.25, 0.3) is 5.56 Å².